The van der Waals surface area contributed by atoms with Crippen LogP contribution in [0.15, 0.2) is 0 Å². The molecule has 1 fully saturated rings. The van der Waals surface area contributed by atoms with E-state index in [2.05, 4.69) is 24.5 Å². The monoisotopic (exact) mass is 272 g/mol. The predicted octanol–water partition coefficient (Wildman–Crippen LogP) is 2.56. The first kappa shape index (κ1) is 15.8. The van der Waals surface area contributed by atoms with Crippen LogP contribution in [0.5, 0.6) is 0 Å². The van der Waals surface area contributed by atoms with E-state index >= 15 is 0 Å². The smallest absolute Gasteiger partial charge is 0.237 e. The summed E-state index contributed by atoms with van der Waals surface area (Å²) in [7, 11) is 0. The minimum Gasteiger partial charge on any atom is -0.352 e. The van der Waals surface area contributed by atoms with Gasteiger partial charge in [0.2, 0.25) is 5.91 Å². The molecule has 106 valence electrons. The lowest BCUT2D eigenvalue weighted by atomic mass is 10.1. The van der Waals surface area contributed by atoms with E-state index in [0.717, 1.165) is 19.4 Å². The summed E-state index contributed by atoms with van der Waals surface area (Å²) in [6.07, 6.45) is 6.00. The van der Waals surface area contributed by atoms with Crippen LogP contribution in [-0.2, 0) is 4.79 Å². The number of amides is 1. The molecule has 0 bridgehead atoms. The molecule has 0 aromatic carbocycles. The third-order valence-corrected chi connectivity index (χ3v) is 5.05. The fraction of sp³-hybridized carbons (Fsp3) is 0.929. The number of rotatable bonds is 7. The van der Waals surface area contributed by atoms with Gasteiger partial charge in [-0.05, 0) is 38.4 Å². The zero-order valence-electron chi connectivity index (χ0n) is 12.0. The van der Waals surface area contributed by atoms with Crippen LogP contribution in [0.25, 0.3) is 0 Å². The van der Waals surface area contributed by atoms with Gasteiger partial charge < -0.3 is 10.6 Å². The van der Waals surface area contributed by atoms with Crippen molar-refractivity contribution in [2.24, 2.45) is 0 Å². The van der Waals surface area contributed by atoms with Gasteiger partial charge in [0.15, 0.2) is 0 Å². The molecule has 2 unspecified atom stereocenters. The Hall–Kier alpha value is -0.220. The van der Waals surface area contributed by atoms with Gasteiger partial charge in [-0.1, -0.05) is 20.3 Å². The highest BCUT2D eigenvalue weighted by Gasteiger charge is 2.18. The van der Waals surface area contributed by atoms with Crippen LogP contribution >= 0.6 is 11.8 Å². The third kappa shape index (κ3) is 5.61. The van der Waals surface area contributed by atoms with Gasteiger partial charge in [0.05, 0.1) is 6.04 Å². The summed E-state index contributed by atoms with van der Waals surface area (Å²) in [6, 6.07) is 0.249. The molecular formula is C14H28N2OS. The quantitative estimate of drug-likeness (QED) is 0.748. The molecule has 0 spiro atoms. The summed E-state index contributed by atoms with van der Waals surface area (Å²) in [5.74, 6) is 1.42. The van der Waals surface area contributed by atoms with E-state index in [1.165, 1.54) is 25.0 Å². The lowest BCUT2D eigenvalue weighted by molar-refractivity contribution is -0.123. The second kappa shape index (κ2) is 8.81. The summed E-state index contributed by atoms with van der Waals surface area (Å²) >= 11 is 2.05. The number of carbonyl (C=O) groups excluding carboxylic acids is 1. The van der Waals surface area contributed by atoms with Crippen LogP contribution in [0, 0.1) is 0 Å². The Morgan fingerprint density at radius 2 is 2.06 bits per heavy atom. The molecule has 1 amide bonds. The molecule has 1 rings (SSSR count). The third-order valence-electron chi connectivity index (χ3n) is 3.65. The molecule has 1 aliphatic heterocycles. The second-order valence-corrected chi connectivity index (χ2v) is 6.55. The molecule has 18 heavy (non-hydrogen) atoms. The average Bonchev–Trinajstić information content (AvgIpc) is 2.42. The first-order valence-electron chi connectivity index (χ1n) is 7.32. The number of hydrogen-bond donors (Lipinski definition) is 2. The van der Waals surface area contributed by atoms with Gasteiger partial charge in [0.25, 0.3) is 0 Å². The summed E-state index contributed by atoms with van der Waals surface area (Å²) < 4.78 is 0. The van der Waals surface area contributed by atoms with E-state index in [1.807, 2.05) is 18.7 Å². The first-order valence-corrected chi connectivity index (χ1v) is 8.37. The number of carbonyl (C=O) groups is 1. The van der Waals surface area contributed by atoms with Crippen molar-refractivity contribution in [1.82, 2.24) is 10.6 Å². The average molecular weight is 272 g/mol. The highest BCUT2D eigenvalue weighted by Crippen LogP contribution is 2.24. The Labute approximate surface area is 116 Å². The molecule has 0 aliphatic carbocycles. The van der Waals surface area contributed by atoms with Crippen LogP contribution in [0.2, 0.25) is 0 Å². The highest BCUT2D eigenvalue weighted by molar-refractivity contribution is 7.99. The zero-order chi connectivity index (χ0) is 13.4. The van der Waals surface area contributed by atoms with Crippen LogP contribution in [0.3, 0.4) is 0 Å². The largest absolute Gasteiger partial charge is 0.352 e. The molecule has 4 heteroatoms. The van der Waals surface area contributed by atoms with E-state index < -0.39 is 0 Å². The highest BCUT2D eigenvalue weighted by atomic mass is 32.2. The Balaban J connectivity index is 2.22. The minimum atomic E-state index is -0.0758. The van der Waals surface area contributed by atoms with E-state index in [4.69, 9.17) is 0 Å². The lowest BCUT2D eigenvalue weighted by Gasteiger charge is -2.24. The SMILES string of the molecule is CCC(CC)NC(=O)C(C)NCC1CCCCS1. The van der Waals surface area contributed by atoms with Crippen molar-refractivity contribution in [3.8, 4) is 0 Å². The topological polar surface area (TPSA) is 41.1 Å². The molecule has 0 aromatic rings. The van der Waals surface area contributed by atoms with Gasteiger partial charge in [-0.2, -0.15) is 11.8 Å². The van der Waals surface area contributed by atoms with Gasteiger partial charge in [0.1, 0.15) is 0 Å². The second-order valence-electron chi connectivity index (χ2n) is 5.14. The fourth-order valence-corrected chi connectivity index (χ4v) is 3.44. The molecule has 1 aliphatic rings. The number of nitrogens with one attached hydrogen (secondary N) is 2. The maximum atomic E-state index is 12.0. The van der Waals surface area contributed by atoms with Crippen LogP contribution < -0.4 is 10.6 Å². The van der Waals surface area contributed by atoms with E-state index in [9.17, 15) is 4.79 Å². The van der Waals surface area contributed by atoms with Gasteiger partial charge in [-0.15, -0.1) is 0 Å². The predicted molar refractivity (Wildman–Crippen MR) is 80.1 cm³/mol. The van der Waals surface area contributed by atoms with Crippen LogP contribution in [0.4, 0.5) is 0 Å². The van der Waals surface area contributed by atoms with Gasteiger partial charge in [0, 0.05) is 17.8 Å². The van der Waals surface area contributed by atoms with E-state index in [0.29, 0.717) is 11.3 Å². The standard InChI is InChI=1S/C14H28N2OS/c1-4-12(5-2)16-14(17)11(3)15-10-13-8-6-7-9-18-13/h11-13,15H,4-10H2,1-3H3,(H,16,17). The molecule has 0 radical (unpaired) electrons. The van der Waals surface area contributed by atoms with E-state index in [-0.39, 0.29) is 11.9 Å². The normalized spacial score (nSPS) is 21.9. The molecule has 1 heterocycles. The van der Waals surface area contributed by atoms with E-state index in [1.54, 1.807) is 0 Å². The van der Waals surface area contributed by atoms with Crippen molar-refractivity contribution >= 4 is 17.7 Å². The maximum Gasteiger partial charge on any atom is 0.237 e. The van der Waals surface area contributed by atoms with Crippen molar-refractivity contribution in [2.45, 2.75) is 70.2 Å². The van der Waals surface area contributed by atoms with Gasteiger partial charge in [-0.25, -0.2) is 0 Å². The molecule has 2 N–H and O–H groups in total. The summed E-state index contributed by atoms with van der Waals surface area (Å²) in [5, 5.41) is 7.16. The van der Waals surface area contributed by atoms with Gasteiger partial charge in [-0.3, -0.25) is 4.79 Å². The molecule has 3 nitrogen and oxygen atoms in total. The van der Waals surface area contributed by atoms with Crippen molar-refractivity contribution in [1.29, 1.82) is 0 Å². The minimum absolute atomic E-state index is 0.0758. The molecule has 0 aromatic heterocycles. The molecule has 2 atom stereocenters. The molecular weight excluding hydrogens is 244 g/mol. The van der Waals surface area contributed by atoms with Crippen molar-refractivity contribution in [2.75, 3.05) is 12.3 Å². The van der Waals surface area contributed by atoms with Crippen molar-refractivity contribution in [3.05, 3.63) is 0 Å². The summed E-state index contributed by atoms with van der Waals surface area (Å²) in [5.41, 5.74) is 0. The van der Waals surface area contributed by atoms with Crippen molar-refractivity contribution in [3.63, 3.8) is 0 Å². The fourth-order valence-electron chi connectivity index (χ4n) is 2.19. The van der Waals surface area contributed by atoms with Crippen LogP contribution in [-0.4, -0.2) is 35.5 Å². The number of hydrogen-bond acceptors (Lipinski definition) is 3. The molecule has 1 saturated heterocycles. The lowest BCUT2D eigenvalue weighted by Crippen LogP contribution is -2.47. The maximum absolute atomic E-state index is 12.0. The Morgan fingerprint density at radius 1 is 1.33 bits per heavy atom. The Bertz CT molecular complexity index is 238. The summed E-state index contributed by atoms with van der Waals surface area (Å²) in [6.45, 7) is 7.16. The van der Waals surface area contributed by atoms with Crippen molar-refractivity contribution < 1.29 is 4.79 Å². The Morgan fingerprint density at radius 3 is 2.61 bits per heavy atom. The Kier molecular flexibility index (Phi) is 7.75. The molecule has 0 saturated carbocycles. The zero-order valence-corrected chi connectivity index (χ0v) is 12.8. The van der Waals surface area contributed by atoms with Crippen LogP contribution in [0.1, 0.15) is 52.9 Å². The first-order chi connectivity index (χ1) is 8.67. The summed E-state index contributed by atoms with van der Waals surface area (Å²) in [4.78, 5) is 12.0. The van der Waals surface area contributed by atoms with Gasteiger partial charge >= 0.3 is 0 Å². The number of thioether (sulfide) groups is 1.